The zero-order valence-electron chi connectivity index (χ0n) is 18.4. The molecule has 26 heavy (non-hydrogen) atoms. The van der Waals surface area contributed by atoms with Crippen LogP contribution in [0.3, 0.4) is 0 Å². The molecule has 0 saturated carbocycles. The molecule has 2 aliphatic rings. The Morgan fingerprint density at radius 1 is 1.00 bits per heavy atom. The monoisotopic (exact) mass is 382 g/mol. The van der Waals surface area contributed by atoms with Crippen LogP contribution in [-0.4, -0.2) is 43.7 Å². The summed E-state index contributed by atoms with van der Waals surface area (Å²) in [6.07, 6.45) is 2.18. The second-order valence-electron chi connectivity index (χ2n) is 11.4. The SMILES string of the molecule is CC(C)(C)C1=NC(C(C)(C)C)C(C(C)(C)C)=C2CC(CS(C)(=O)=O)CN12. The van der Waals surface area contributed by atoms with Crippen molar-refractivity contribution in [3.63, 3.8) is 0 Å². The minimum atomic E-state index is -2.99. The van der Waals surface area contributed by atoms with Crippen molar-refractivity contribution in [2.24, 2.45) is 27.2 Å². The summed E-state index contributed by atoms with van der Waals surface area (Å²) in [5.74, 6) is 1.50. The fourth-order valence-electron chi connectivity index (χ4n) is 4.31. The van der Waals surface area contributed by atoms with Gasteiger partial charge in [-0.15, -0.1) is 0 Å². The summed E-state index contributed by atoms with van der Waals surface area (Å²) in [5.41, 5.74) is 2.66. The van der Waals surface area contributed by atoms with E-state index in [0.717, 1.165) is 18.8 Å². The van der Waals surface area contributed by atoms with Gasteiger partial charge in [0.25, 0.3) is 0 Å². The van der Waals surface area contributed by atoms with Crippen molar-refractivity contribution in [3.8, 4) is 0 Å². The molecule has 1 fully saturated rings. The molecule has 0 aliphatic carbocycles. The second-order valence-corrected chi connectivity index (χ2v) is 13.5. The van der Waals surface area contributed by atoms with Gasteiger partial charge in [0.2, 0.25) is 0 Å². The number of allylic oxidation sites excluding steroid dienone is 1. The highest BCUT2D eigenvalue weighted by atomic mass is 32.2. The average Bonchev–Trinajstić information content (AvgIpc) is 2.72. The van der Waals surface area contributed by atoms with Crippen LogP contribution < -0.4 is 0 Å². The van der Waals surface area contributed by atoms with E-state index in [9.17, 15) is 8.42 Å². The lowest BCUT2D eigenvalue weighted by molar-refractivity contribution is 0.285. The average molecular weight is 383 g/mol. The van der Waals surface area contributed by atoms with E-state index in [4.69, 9.17) is 4.99 Å². The van der Waals surface area contributed by atoms with Gasteiger partial charge in [0.1, 0.15) is 15.7 Å². The largest absolute Gasteiger partial charge is 0.333 e. The van der Waals surface area contributed by atoms with Crippen LogP contribution in [0.1, 0.15) is 68.7 Å². The van der Waals surface area contributed by atoms with E-state index in [2.05, 4.69) is 67.2 Å². The van der Waals surface area contributed by atoms with Gasteiger partial charge < -0.3 is 4.90 Å². The molecule has 2 atom stereocenters. The molecule has 0 N–H and O–H groups in total. The summed E-state index contributed by atoms with van der Waals surface area (Å²) in [5, 5.41) is 0. The van der Waals surface area contributed by atoms with Crippen LogP contribution in [0.4, 0.5) is 0 Å². The summed E-state index contributed by atoms with van der Waals surface area (Å²) in [6, 6.07) is 0.125. The van der Waals surface area contributed by atoms with E-state index in [0.29, 0.717) is 0 Å². The van der Waals surface area contributed by atoms with Gasteiger partial charge in [0.05, 0.1) is 11.8 Å². The topological polar surface area (TPSA) is 49.7 Å². The van der Waals surface area contributed by atoms with Crippen LogP contribution in [0.2, 0.25) is 0 Å². The van der Waals surface area contributed by atoms with Gasteiger partial charge in [-0.2, -0.15) is 0 Å². The molecule has 0 aromatic heterocycles. The second kappa shape index (κ2) is 6.35. The lowest BCUT2D eigenvalue weighted by atomic mass is 9.70. The van der Waals surface area contributed by atoms with Crippen LogP contribution in [0, 0.1) is 22.2 Å². The Labute approximate surface area is 161 Å². The molecule has 2 aliphatic heterocycles. The molecule has 2 heterocycles. The molecule has 0 aromatic carbocycles. The molecule has 0 bridgehead atoms. The predicted octanol–water partition coefficient (Wildman–Crippen LogP) is 4.53. The number of nitrogens with zero attached hydrogens (tertiary/aromatic N) is 2. The molecule has 0 spiro atoms. The first-order chi connectivity index (χ1) is 11.4. The van der Waals surface area contributed by atoms with Crippen molar-refractivity contribution in [2.45, 2.75) is 74.8 Å². The van der Waals surface area contributed by atoms with Crippen molar-refractivity contribution in [1.82, 2.24) is 4.90 Å². The highest BCUT2D eigenvalue weighted by Gasteiger charge is 2.46. The van der Waals surface area contributed by atoms with E-state index in [1.165, 1.54) is 17.5 Å². The summed E-state index contributed by atoms with van der Waals surface area (Å²) >= 11 is 0. The van der Waals surface area contributed by atoms with E-state index < -0.39 is 9.84 Å². The zero-order chi connectivity index (χ0) is 20.3. The molecule has 4 nitrogen and oxygen atoms in total. The molecule has 5 heteroatoms. The third kappa shape index (κ3) is 4.52. The van der Waals surface area contributed by atoms with Crippen LogP contribution in [0.15, 0.2) is 16.3 Å². The number of hydrogen-bond donors (Lipinski definition) is 0. The Kier molecular flexibility index (Phi) is 5.24. The number of aliphatic imine (C=N–C) groups is 1. The summed E-state index contributed by atoms with van der Waals surface area (Å²) in [4.78, 5) is 7.63. The van der Waals surface area contributed by atoms with Crippen LogP contribution in [-0.2, 0) is 9.84 Å². The number of sulfone groups is 1. The molecule has 2 unspecified atom stereocenters. The van der Waals surface area contributed by atoms with Crippen molar-refractivity contribution < 1.29 is 8.42 Å². The highest BCUT2D eigenvalue weighted by molar-refractivity contribution is 7.90. The maximum Gasteiger partial charge on any atom is 0.147 e. The molecule has 1 saturated heterocycles. The van der Waals surface area contributed by atoms with E-state index in [-0.39, 0.29) is 34.0 Å². The van der Waals surface area contributed by atoms with Gasteiger partial charge in [0.15, 0.2) is 0 Å². The van der Waals surface area contributed by atoms with E-state index >= 15 is 0 Å². The van der Waals surface area contributed by atoms with Crippen molar-refractivity contribution in [3.05, 3.63) is 11.3 Å². The lowest BCUT2D eigenvalue weighted by Crippen LogP contribution is -2.47. The normalized spacial score (nSPS) is 25.5. The molecule has 2 rings (SSSR count). The molecular formula is C21H38N2O2S. The fourth-order valence-corrected chi connectivity index (χ4v) is 5.39. The first kappa shape index (κ1) is 21.5. The third-order valence-corrected chi connectivity index (χ3v) is 6.25. The minimum Gasteiger partial charge on any atom is -0.333 e. The van der Waals surface area contributed by atoms with Crippen molar-refractivity contribution in [1.29, 1.82) is 0 Å². The molecule has 0 amide bonds. The van der Waals surface area contributed by atoms with Gasteiger partial charge in [-0.25, -0.2) is 8.42 Å². The molecule has 150 valence electrons. The van der Waals surface area contributed by atoms with Gasteiger partial charge in [-0.3, -0.25) is 4.99 Å². The number of amidine groups is 1. The van der Waals surface area contributed by atoms with Crippen LogP contribution >= 0.6 is 0 Å². The number of hydrogen-bond acceptors (Lipinski definition) is 4. The smallest absolute Gasteiger partial charge is 0.147 e. The number of fused-ring (bicyclic) bond motifs is 1. The van der Waals surface area contributed by atoms with E-state index in [1.54, 1.807) is 0 Å². The van der Waals surface area contributed by atoms with Crippen molar-refractivity contribution in [2.75, 3.05) is 18.6 Å². The molecule has 0 radical (unpaired) electrons. The van der Waals surface area contributed by atoms with Gasteiger partial charge in [-0.1, -0.05) is 62.3 Å². The van der Waals surface area contributed by atoms with Crippen molar-refractivity contribution >= 4 is 15.7 Å². The standard InChI is InChI=1S/C21H38N2O2S/c1-19(2,3)16-15-11-14(13-26(10,24)25)12-23(15)18(21(7,8)9)22-17(16)20(4,5)6/h14,17H,11-13H2,1-10H3. The Morgan fingerprint density at radius 3 is 1.92 bits per heavy atom. The Hall–Kier alpha value is -0.840. The Bertz CT molecular complexity index is 725. The van der Waals surface area contributed by atoms with Gasteiger partial charge >= 0.3 is 0 Å². The predicted molar refractivity (Wildman–Crippen MR) is 111 cm³/mol. The Morgan fingerprint density at radius 2 is 1.54 bits per heavy atom. The summed E-state index contributed by atoms with van der Waals surface area (Å²) < 4.78 is 23.8. The zero-order valence-corrected chi connectivity index (χ0v) is 19.2. The van der Waals surface area contributed by atoms with Gasteiger partial charge in [-0.05, 0) is 28.7 Å². The lowest BCUT2D eigenvalue weighted by Gasteiger charge is -2.45. The third-order valence-electron chi connectivity index (χ3n) is 5.18. The first-order valence-electron chi connectivity index (χ1n) is 9.68. The maximum absolute atomic E-state index is 11.9. The Balaban J connectivity index is 2.64. The van der Waals surface area contributed by atoms with Gasteiger partial charge in [0, 0.05) is 23.9 Å². The van der Waals surface area contributed by atoms with Crippen LogP contribution in [0.5, 0.6) is 0 Å². The highest BCUT2D eigenvalue weighted by Crippen LogP contribution is 2.48. The first-order valence-corrected chi connectivity index (χ1v) is 11.7. The summed E-state index contributed by atoms with van der Waals surface area (Å²) in [7, 11) is -2.99. The van der Waals surface area contributed by atoms with E-state index in [1.807, 2.05) is 0 Å². The fraction of sp³-hybridized carbons (Fsp3) is 0.857. The quantitative estimate of drug-likeness (QED) is 0.705. The minimum absolute atomic E-state index is 0.00156. The summed E-state index contributed by atoms with van der Waals surface area (Å²) in [6.45, 7) is 20.9. The molecular weight excluding hydrogens is 344 g/mol. The van der Waals surface area contributed by atoms with Crippen LogP contribution in [0.25, 0.3) is 0 Å². The maximum atomic E-state index is 11.9. The number of rotatable bonds is 2. The molecule has 0 aromatic rings.